The smallest absolute Gasteiger partial charge is 0.245 e. The van der Waals surface area contributed by atoms with E-state index < -0.39 is 6.04 Å². The van der Waals surface area contributed by atoms with Crippen LogP contribution in [-0.2, 0) is 4.79 Å². The Morgan fingerprint density at radius 2 is 2.29 bits per heavy atom. The van der Waals surface area contributed by atoms with Crippen LogP contribution in [0, 0.1) is 0 Å². The lowest BCUT2D eigenvalue weighted by Gasteiger charge is -2.18. The van der Waals surface area contributed by atoms with E-state index in [1.165, 1.54) is 6.33 Å². The molecule has 76 valence electrons. The number of amides is 1. The summed E-state index contributed by atoms with van der Waals surface area (Å²) < 4.78 is 0. The van der Waals surface area contributed by atoms with Gasteiger partial charge in [-0.25, -0.2) is 4.98 Å². The molecule has 1 aliphatic rings. The Bertz CT molecular complexity index is 303. The third-order valence-electron chi connectivity index (χ3n) is 2.54. The van der Waals surface area contributed by atoms with Gasteiger partial charge in [0, 0.05) is 13.1 Å². The van der Waals surface area contributed by atoms with Crippen molar-refractivity contribution in [1.29, 1.82) is 0 Å². The van der Waals surface area contributed by atoms with Crippen LogP contribution in [0.3, 0.4) is 0 Å². The van der Waals surface area contributed by atoms with E-state index in [4.69, 9.17) is 5.73 Å². The molecular weight excluding hydrogens is 180 g/mol. The number of rotatable bonds is 2. The molecule has 0 aliphatic carbocycles. The first kappa shape index (κ1) is 9.21. The average molecular weight is 194 g/mol. The number of imidazole rings is 1. The highest BCUT2D eigenvalue weighted by Gasteiger charge is 2.25. The number of nitrogens with two attached hydrogens (primary N) is 1. The normalized spacial score (nSPS) is 18.5. The summed E-state index contributed by atoms with van der Waals surface area (Å²) in [4.78, 5) is 20.3. The summed E-state index contributed by atoms with van der Waals surface area (Å²) in [6.45, 7) is 1.67. The zero-order valence-corrected chi connectivity index (χ0v) is 7.94. The molecule has 0 radical (unpaired) electrons. The molecule has 0 bridgehead atoms. The highest BCUT2D eigenvalue weighted by atomic mass is 16.2. The fraction of sp³-hybridized carbons (Fsp3) is 0.556. The minimum absolute atomic E-state index is 0.00764. The standard InChI is InChI=1S/C9H14N4O/c10-8(7-5-11-6-12-7)9(14)13-3-1-2-4-13/h5-6,8H,1-4,10H2,(H,11,12). The van der Waals surface area contributed by atoms with E-state index >= 15 is 0 Å². The number of carbonyl (C=O) groups is 1. The van der Waals surface area contributed by atoms with E-state index in [2.05, 4.69) is 9.97 Å². The van der Waals surface area contributed by atoms with Crippen molar-refractivity contribution >= 4 is 5.91 Å². The van der Waals surface area contributed by atoms with Crippen molar-refractivity contribution in [2.75, 3.05) is 13.1 Å². The van der Waals surface area contributed by atoms with Gasteiger partial charge < -0.3 is 15.6 Å². The molecule has 5 heteroatoms. The molecule has 1 unspecified atom stereocenters. The molecule has 1 fully saturated rings. The van der Waals surface area contributed by atoms with E-state index in [0.29, 0.717) is 5.69 Å². The van der Waals surface area contributed by atoms with Crippen molar-refractivity contribution in [1.82, 2.24) is 14.9 Å². The summed E-state index contributed by atoms with van der Waals surface area (Å²) >= 11 is 0. The van der Waals surface area contributed by atoms with Gasteiger partial charge in [-0.2, -0.15) is 0 Å². The molecule has 0 aromatic carbocycles. The van der Waals surface area contributed by atoms with Crippen LogP contribution in [0.5, 0.6) is 0 Å². The Hall–Kier alpha value is -1.36. The molecule has 1 aromatic heterocycles. The molecule has 1 saturated heterocycles. The Kier molecular flexibility index (Phi) is 2.49. The van der Waals surface area contributed by atoms with Crippen molar-refractivity contribution in [2.45, 2.75) is 18.9 Å². The van der Waals surface area contributed by atoms with Crippen LogP contribution >= 0.6 is 0 Å². The van der Waals surface area contributed by atoms with Crippen LogP contribution in [0.15, 0.2) is 12.5 Å². The van der Waals surface area contributed by atoms with Crippen LogP contribution in [0.2, 0.25) is 0 Å². The maximum Gasteiger partial charge on any atom is 0.245 e. The number of hydrogen-bond donors (Lipinski definition) is 2. The number of hydrogen-bond acceptors (Lipinski definition) is 3. The van der Waals surface area contributed by atoms with Gasteiger partial charge in [0.05, 0.1) is 18.2 Å². The maximum atomic E-state index is 11.8. The summed E-state index contributed by atoms with van der Waals surface area (Å²) in [5, 5.41) is 0. The minimum atomic E-state index is -0.587. The topological polar surface area (TPSA) is 75.0 Å². The monoisotopic (exact) mass is 194 g/mol. The second-order valence-corrected chi connectivity index (χ2v) is 3.52. The zero-order valence-electron chi connectivity index (χ0n) is 7.94. The second-order valence-electron chi connectivity index (χ2n) is 3.52. The Morgan fingerprint density at radius 1 is 1.57 bits per heavy atom. The number of nitrogens with one attached hydrogen (secondary N) is 1. The van der Waals surface area contributed by atoms with Gasteiger partial charge in [-0.1, -0.05) is 0 Å². The van der Waals surface area contributed by atoms with Gasteiger partial charge in [0.1, 0.15) is 6.04 Å². The van der Waals surface area contributed by atoms with E-state index in [1.807, 2.05) is 4.90 Å². The zero-order chi connectivity index (χ0) is 9.97. The van der Waals surface area contributed by atoms with Gasteiger partial charge in [0.2, 0.25) is 5.91 Å². The number of H-pyrrole nitrogens is 1. The Labute approximate surface area is 82.3 Å². The number of aromatic nitrogens is 2. The fourth-order valence-corrected chi connectivity index (χ4v) is 1.70. The van der Waals surface area contributed by atoms with Crippen molar-refractivity contribution in [2.24, 2.45) is 5.73 Å². The Morgan fingerprint density at radius 3 is 2.86 bits per heavy atom. The summed E-state index contributed by atoms with van der Waals surface area (Å²) in [6.07, 6.45) is 5.30. The molecule has 0 saturated carbocycles. The average Bonchev–Trinajstić information content (AvgIpc) is 2.87. The molecule has 1 amide bonds. The highest BCUT2D eigenvalue weighted by Crippen LogP contribution is 2.14. The summed E-state index contributed by atoms with van der Waals surface area (Å²) in [5.74, 6) is -0.00764. The molecule has 3 N–H and O–H groups in total. The summed E-state index contributed by atoms with van der Waals surface area (Å²) in [7, 11) is 0. The first-order valence-corrected chi connectivity index (χ1v) is 4.81. The van der Waals surface area contributed by atoms with Gasteiger partial charge >= 0.3 is 0 Å². The lowest BCUT2D eigenvalue weighted by Crippen LogP contribution is -2.36. The first-order valence-electron chi connectivity index (χ1n) is 4.81. The van der Waals surface area contributed by atoms with Crippen LogP contribution < -0.4 is 5.73 Å². The van der Waals surface area contributed by atoms with Gasteiger partial charge in [0.25, 0.3) is 0 Å². The summed E-state index contributed by atoms with van der Waals surface area (Å²) in [6, 6.07) is -0.587. The van der Waals surface area contributed by atoms with Crippen molar-refractivity contribution in [3.63, 3.8) is 0 Å². The highest BCUT2D eigenvalue weighted by molar-refractivity contribution is 5.82. The molecule has 2 heterocycles. The molecule has 2 rings (SSSR count). The van der Waals surface area contributed by atoms with Crippen molar-refractivity contribution < 1.29 is 4.79 Å². The van der Waals surface area contributed by atoms with E-state index in [0.717, 1.165) is 25.9 Å². The van der Waals surface area contributed by atoms with Crippen molar-refractivity contribution in [3.05, 3.63) is 18.2 Å². The van der Waals surface area contributed by atoms with E-state index in [9.17, 15) is 4.79 Å². The Balaban J connectivity index is 2.04. The van der Waals surface area contributed by atoms with Gasteiger partial charge in [-0.05, 0) is 12.8 Å². The number of carbonyl (C=O) groups excluding carboxylic acids is 1. The van der Waals surface area contributed by atoms with Gasteiger partial charge in [-0.15, -0.1) is 0 Å². The molecule has 0 spiro atoms. The number of aromatic amines is 1. The molecular formula is C9H14N4O. The van der Waals surface area contributed by atoms with E-state index in [-0.39, 0.29) is 5.91 Å². The lowest BCUT2D eigenvalue weighted by molar-refractivity contribution is -0.131. The van der Waals surface area contributed by atoms with Crippen LogP contribution in [0.4, 0.5) is 0 Å². The molecule has 14 heavy (non-hydrogen) atoms. The maximum absolute atomic E-state index is 11.8. The molecule has 1 aromatic rings. The fourth-order valence-electron chi connectivity index (χ4n) is 1.70. The van der Waals surface area contributed by atoms with Crippen molar-refractivity contribution in [3.8, 4) is 0 Å². The van der Waals surface area contributed by atoms with Crippen LogP contribution in [0.1, 0.15) is 24.6 Å². The molecule has 1 atom stereocenters. The van der Waals surface area contributed by atoms with Crippen LogP contribution in [-0.4, -0.2) is 33.9 Å². The number of likely N-dealkylation sites (tertiary alicyclic amines) is 1. The lowest BCUT2D eigenvalue weighted by atomic mass is 10.2. The number of nitrogens with zero attached hydrogens (tertiary/aromatic N) is 2. The third kappa shape index (κ3) is 1.63. The van der Waals surface area contributed by atoms with Gasteiger partial charge in [-0.3, -0.25) is 4.79 Å². The SMILES string of the molecule is NC(C(=O)N1CCCC1)c1cnc[nH]1. The third-order valence-corrected chi connectivity index (χ3v) is 2.54. The molecule has 5 nitrogen and oxygen atoms in total. The summed E-state index contributed by atoms with van der Waals surface area (Å²) in [5.41, 5.74) is 6.48. The predicted molar refractivity (Wildman–Crippen MR) is 51.3 cm³/mol. The quantitative estimate of drug-likeness (QED) is 0.697. The van der Waals surface area contributed by atoms with Gasteiger partial charge in [0.15, 0.2) is 0 Å². The molecule has 1 aliphatic heterocycles. The van der Waals surface area contributed by atoms with E-state index in [1.54, 1.807) is 6.20 Å². The van der Waals surface area contributed by atoms with Crippen LogP contribution in [0.25, 0.3) is 0 Å². The predicted octanol–water partition coefficient (Wildman–Crippen LogP) is 0.0319. The largest absolute Gasteiger partial charge is 0.347 e. The minimum Gasteiger partial charge on any atom is -0.347 e. The second kappa shape index (κ2) is 3.79. The first-order chi connectivity index (χ1) is 6.79.